The van der Waals surface area contributed by atoms with E-state index < -0.39 is 0 Å². The molecular formula is C15H15BrClN. The molecule has 0 N–H and O–H groups in total. The number of halogens is 2. The fourth-order valence-corrected chi connectivity index (χ4v) is 2.60. The Kier molecular flexibility index (Phi) is 4.31. The third kappa shape index (κ3) is 3.27. The molecular weight excluding hydrogens is 310 g/mol. The fraction of sp³-hybridized carbons (Fsp3) is 0.200. The molecule has 0 unspecified atom stereocenters. The van der Waals surface area contributed by atoms with Crippen LogP contribution in [0.1, 0.15) is 11.1 Å². The number of hydrogen-bond donors (Lipinski definition) is 0. The van der Waals surface area contributed by atoms with Gasteiger partial charge >= 0.3 is 0 Å². The van der Waals surface area contributed by atoms with Gasteiger partial charge < -0.3 is 4.90 Å². The maximum absolute atomic E-state index is 6.24. The van der Waals surface area contributed by atoms with Crippen molar-refractivity contribution in [3.63, 3.8) is 0 Å². The van der Waals surface area contributed by atoms with Crippen LogP contribution in [-0.4, -0.2) is 7.05 Å². The van der Waals surface area contributed by atoms with Crippen LogP contribution in [0.2, 0.25) is 5.02 Å². The van der Waals surface area contributed by atoms with E-state index >= 15 is 0 Å². The normalized spacial score (nSPS) is 10.4. The molecule has 0 aliphatic rings. The Labute approximate surface area is 122 Å². The second kappa shape index (κ2) is 5.77. The lowest BCUT2D eigenvalue weighted by atomic mass is 10.2. The monoisotopic (exact) mass is 323 g/mol. The molecule has 0 amide bonds. The highest BCUT2D eigenvalue weighted by molar-refractivity contribution is 9.10. The van der Waals surface area contributed by atoms with Gasteiger partial charge in [0.1, 0.15) is 0 Å². The second-order valence-corrected chi connectivity index (χ2v) is 5.75. The van der Waals surface area contributed by atoms with Gasteiger partial charge in [0.15, 0.2) is 0 Å². The van der Waals surface area contributed by atoms with E-state index in [0.29, 0.717) is 0 Å². The van der Waals surface area contributed by atoms with Crippen molar-refractivity contribution in [2.75, 3.05) is 11.9 Å². The number of benzene rings is 2. The summed E-state index contributed by atoms with van der Waals surface area (Å²) in [5.41, 5.74) is 3.60. The summed E-state index contributed by atoms with van der Waals surface area (Å²) in [5, 5.41) is 0.795. The van der Waals surface area contributed by atoms with Gasteiger partial charge in [-0.15, -0.1) is 0 Å². The van der Waals surface area contributed by atoms with Crippen LogP contribution in [0.15, 0.2) is 46.9 Å². The summed E-state index contributed by atoms with van der Waals surface area (Å²) in [6, 6.07) is 14.5. The van der Waals surface area contributed by atoms with Crippen molar-refractivity contribution in [3.8, 4) is 0 Å². The summed E-state index contributed by atoms with van der Waals surface area (Å²) in [4.78, 5) is 2.20. The maximum Gasteiger partial charge on any atom is 0.0467 e. The number of nitrogens with zero attached hydrogens (tertiary/aromatic N) is 1. The van der Waals surface area contributed by atoms with E-state index in [1.165, 1.54) is 11.3 Å². The van der Waals surface area contributed by atoms with Crippen LogP contribution in [0.25, 0.3) is 0 Å². The van der Waals surface area contributed by atoms with Gasteiger partial charge in [-0.05, 0) is 42.3 Å². The highest BCUT2D eigenvalue weighted by Gasteiger charge is 2.06. The second-order valence-electron chi connectivity index (χ2n) is 4.43. The Morgan fingerprint density at radius 1 is 1.17 bits per heavy atom. The Hall–Kier alpha value is -0.990. The smallest absolute Gasteiger partial charge is 0.0467 e. The van der Waals surface area contributed by atoms with Crippen LogP contribution in [0, 0.1) is 6.92 Å². The molecule has 0 saturated heterocycles. The van der Waals surface area contributed by atoms with E-state index in [2.05, 4.69) is 65.1 Å². The minimum Gasteiger partial charge on any atom is -0.370 e. The molecule has 0 aliphatic heterocycles. The summed E-state index contributed by atoms with van der Waals surface area (Å²) in [6.45, 7) is 2.90. The Balaban J connectivity index is 2.18. The average molecular weight is 325 g/mol. The first kappa shape index (κ1) is 13.4. The number of aryl methyl sites for hydroxylation is 1. The molecule has 3 heteroatoms. The predicted molar refractivity (Wildman–Crippen MR) is 82.4 cm³/mol. The van der Waals surface area contributed by atoms with Gasteiger partial charge in [0.25, 0.3) is 0 Å². The lowest BCUT2D eigenvalue weighted by molar-refractivity contribution is 0.922. The summed E-state index contributed by atoms with van der Waals surface area (Å²) in [6.07, 6.45) is 0. The fourth-order valence-electron chi connectivity index (χ4n) is 1.86. The molecule has 0 aromatic heterocycles. The summed E-state index contributed by atoms with van der Waals surface area (Å²) in [7, 11) is 2.08. The molecule has 0 spiro atoms. The van der Waals surface area contributed by atoms with E-state index in [-0.39, 0.29) is 0 Å². The van der Waals surface area contributed by atoms with E-state index in [4.69, 9.17) is 11.6 Å². The maximum atomic E-state index is 6.24. The zero-order valence-electron chi connectivity index (χ0n) is 10.5. The highest BCUT2D eigenvalue weighted by atomic mass is 79.9. The standard InChI is InChI=1S/C15H15BrClN/c1-11-4-3-5-14(8-11)18(2)10-12-6-7-13(16)9-15(12)17/h3-9H,10H2,1-2H3. The Morgan fingerprint density at radius 3 is 2.61 bits per heavy atom. The third-order valence-electron chi connectivity index (χ3n) is 2.87. The minimum atomic E-state index is 0.795. The van der Waals surface area contributed by atoms with Gasteiger partial charge in [-0.25, -0.2) is 0 Å². The highest BCUT2D eigenvalue weighted by Crippen LogP contribution is 2.24. The molecule has 2 aromatic rings. The third-order valence-corrected chi connectivity index (χ3v) is 3.71. The van der Waals surface area contributed by atoms with Crippen LogP contribution in [-0.2, 0) is 6.54 Å². The van der Waals surface area contributed by atoms with Crippen molar-refractivity contribution in [1.82, 2.24) is 0 Å². The number of rotatable bonds is 3. The largest absolute Gasteiger partial charge is 0.370 e. The molecule has 0 bridgehead atoms. The lowest BCUT2D eigenvalue weighted by Gasteiger charge is -2.20. The zero-order valence-corrected chi connectivity index (χ0v) is 12.8. The summed E-state index contributed by atoms with van der Waals surface area (Å²) < 4.78 is 1.01. The van der Waals surface area contributed by atoms with Crippen LogP contribution in [0.3, 0.4) is 0 Å². The summed E-state index contributed by atoms with van der Waals surface area (Å²) >= 11 is 9.65. The topological polar surface area (TPSA) is 3.24 Å². The molecule has 0 radical (unpaired) electrons. The van der Waals surface area contributed by atoms with Crippen molar-refractivity contribution < 1.29 is 0 Å². The quantitative estimate of drug-likeness (QED) is 0.764. The van der Waals surface area contributed by atoms with Crippen molar-refractivity contribution in [3.05, 3.63) is 63.1 Å². The lowest BCUT2D eigenvalue weighted by Crippen LogP contribution is -2.16. The molecule has 0 heterocycles. The molecule has 0 fully saturated rings. The molecule has 18 heavy (non-hydrogen) atoms. The number of anilines is 1. The van der Waals surface area contributed by atoms with E-state index in [1.54, 1.807) is 0 Å². The van der Waals surface area contributed by atoms with Gasteiger partial charge in [-0.3, -0.25) is 0 Å². The molecule has 0 aliphatic carbocycles. The zero-order chi connectivity index (χ0) is 13.1. The molecule has 0 saturated carbocycles. The first-order chi connectivity index (χ1) is 8.56. The van der Waals surface area contributed by atoms with E-state index in [9.17, 15) is 0 Å². The van der Waals surface area contributed by atoms with Gasteiger partial charge in [-0.1, -0.05) is 45.7 Å². The van der Waals surface area contributed by atoms with Crippen molar-refractivity contribution in [2.45, 2.75) is 13.5 Å². The molecule has 0 atom stereocenters. The van der Waals surface area contributed by atoms with E-state index in [1.807, 2.05) is 12.1 Å². The molecule has 1 nitrogen and oxygen atoms in total. The van der Waals surface area contributed by atoms with Gasteiger partial charge in [0, 0.05) is 28.8 Å². The first-order valence-electron chi connectivity index (χ1n) is 5.78. The molecule has 2 rings (SSSR count). The van der Waals surface area contributed by atoms with Gasteiger partial charge in [-0.2, -0.15) is 0 Å². The number of hydrogen-bond acceptors (Lipinski definition) is 1. The minimum absolute atomic E-state index is 0.795. The predicted octanol–water partition coefficient (Wildman–Crippen LogP) is 5.05. The van der Waals surface area contributed by atoms with Gasteiger partial charge in [0.05, 0.1) is 0 Å². The molecule has 94 valence electrons. The van der Waals surface area contributed by atoms with Crippen LogP contribution < -0.4 is 4.90 Å². The van der Waals surface area contributed by atoms with E-state index in [0.717, 1.165) is 21.6 Å². The first-order valence-corrected chi connectivity index (χ1v) is 6.95. The van der Waals surface area contributed by atoms with Crippen molar-refractivity contribution in [2.24, 2.45) is 0 Å². The SMILES string of the molecule is Cc1cccc(N(C)Cc2ccc(Br)cc2Cl)c1. The van der Waals surface area contributed by atoms with Gasteiger partial charge in [0.2, 0.25) is 0 Å². The van der Waals surface area contributed by atoms with Crippen molar-refractivity contribution in [1.29, 1.82) is 0 Å². The Morgan fingerprint density at radius 2 is 1.94 bits per heavy atom. The van der Waals surface area contributed by atoms with Crippen LogP contribution in [0.4, 0.5) is 5.69 Å². The Bertz CT molecular complexity index is 554. The molecule has 2 aromatic carbocycles. The average Bonchev–Trinajstić information content (AvgIpc) is 2.32. The van der Waals surface area contributed by atoms with Crippen LogP contribution in [0.5, 0.6) is 0 Å². The van der Waals surface area contributed by atoms with Crippen molar-refractivity contribution >= 4 is 33.2 Å². The summed E-state index contributed by atoms with van der Waals surface area (Å²) in [5.74, 6) is 0. The van der Waals surface area contributed by atoms with Crippen LogP contribution >= 0.6 is 27.5 Å².